The lowest BCUT2D eigenvalue weighted by Crippen LogP contribution is -2.33. The lowest BCUT2D eigenvalue weighted by molar-refractivity contribution is -0.124. The lowest BCUT2D eigenvalue weighted by Gasteiger charge is -2.08. The molecule has 144 valence electrons. The number of amides is 3. The fourth-order valence-electron chi connectivity index (χ4n) is 2.03. The average molecular weight is 399 g/mol. The number of anilines is 1. The smallest absolute Gasteiger partial charge is 0.261 e. The molecule has 2 rings (SSSR count). The van der Waals surface area contributed by atoms with Crippen molar-refractivity contribution in [3.8, 4) is 0 Å². The van der Waals surface area contributed by atoms with E-state index in [9.17, 15) is 27.6 Å². The Morgan fingerprint density at radius 1 is 0.963 bits per heavy atom. The molecule has 0 aliphatic carbocycles. The van der Waals surface area contributed by atoms with E-state index in [1.54, 1.807) is 17.5 Å². The highest BCUT2D eigenvalue weighted by atomic mass is 32.1. The molecule has 0 saturated carbocycles. The molecule has 1 aromatic heterocycles. The molecule has 0 bridgehead atoms. The number of carbonyl (C=O) groups excluding carboxylic acids is 3. The fourth-order valence-corrected chi connectivity index (χ4v) is 2.67. The van der Waals surface area contributed by atoms with E-state index in [0.717, 1.165) is 6.07 Å². The summed E-state index contributed by atoms with van der Waals surface area (Å²) in [6.07, 6.45) is 0.430. The number of carbonyl (C=O) groups is 3. The molecular formula is C17H16F3N3O3S. The lowest BCUT2D eigenvalue weighted by atomic mass is 10.2. The molecule has 0 aliphatic heterocycles. The predicted octanol–water partition coefficient (Wildman–Crippen LogP) is 2.43. The number of nitrogens with one attached hydrogen (secondary N) is 3. The largest absolute Gasteiger partial charge is 0.351 e. The fraction of sp³-hybridized carbons (Fsp3) is 0.235. The topological polar surface area (TPSA) is 87.3 Å². The van der Waals surface area contributed by atoms with E-state index in [0.29, 0.717) is 17.4 Å². The first kappa shape index (κ1) is 20.4. The van der Waals surface area contributed by atoms with Crippen molar-refractivity contribution in [1.29, 1.82) is 0 Å². The van der Waals surface area contributed by atoms with E-state index >= 15 is 0 Å². The van der Waals surface area contributed by atoms with Gasteiger partial charge in [0.2, 0.25) is 11.8 Å². The van der Waals surface area contributed by atoms with Crippen molar-refractivity contribution in [2.45, 2.75) is 12.8 Å². The maximum Gasteiger partial charge on any atom is 0.261 e. The number of thiophene rings is 1. The molecule has 27 heavy (non-hydrogen) atoms. The van der Waals surface area contributed by atoms with Crippen molar-refractivity contribution in [2.24, 2.45) is 0 Å². The van der Waals surface area contributed by atoms with Crippen LogP contribution in [0, 0.1) is 17.5 Å². The molecule has 0 fully saturated rings. The summed E-state index contributed by atoms with van der Waals surface area (Å²) in [5.74, 6) is -6.04. The number of halogens is 3. The van der Waals surface area contributed by atoms with Gasteiger partial charge in [-0.05, 0) is 30.0 Å². The minimum absolute atomic E-state index is 0.0670. The van der Waals surface area contributed by atoms with E-state index in [4.69, 9.17) is 0 Å². The molecule has 0 radical (unpaired) electrons. The minimum Gasteiger partial charge on any atom is -0.351 e. The zero-order valence-corrected chi connectivity index (χ0v) is 14.8. The van der Waals surface area contributed by atoms with Gasteiger partial charge in [0.1, 0.15) is 0 Å². The van der Waals surface area contributed by atoms with Crippen LogP contribution in [0.25, 0.3) is 0 Å². The van der Waals surface area contributed by atoms with Gasteiger partial charge in [-0.3, -0.25) is 14.4 Å². The van der Waals surface area contributed by atoms with Gasteiger partial charge >= 0.3 is 0 Å². The maximum absolute atomic E-state index is 13.4. The molecule has 2 aromatic rings. The van der Waals surface area contributed by atoms with Crippen molar-refractivity contribution in [2.75, 3.05) is 18.4 Å². The molecule has 1 heterocycles. The van der Waals surface area contributed by atoms with Gasteiger partial charge < -0.3 is 16.0 Å². The molecule has 0 aliphatic rings. The minimum atomic E-state index is -1.69. The summed E-state index contributed by atoms with van der Waals surface area (Å²) in [5, 5.41) is 8.79. The number of hydrogen-bond donors (Lipinski definition) is 3. The van der Waals surface area contributed by atoms with Crippen molar-refractivity contribution < 1.29 is 27.6 Å². The van der Waals surface area contributed by atoms with E-state index in [1.807, 2.05) is 5.32 Å². The zero-order chi connectivity index (χ0) is 19.8. The standard InChI is InChI=1S/C17H16F3N3O3S/c18-10-5-6-11(16(20)15(10)19)23-14(25)9-22-13(24)4-1-7-21-17(26)12-3-2-8-27-12/h2-3,5-6,8H,1,4,7,9H2,(H,21,26)(H,22,24)(H,23,25). The Kier molecular flexibility index (Phi) is 7.35. The first-order chi connectivity index (χ1) is 12.9. The van der Waals surface area contributed by atoms with Gasteiger partial charge in [-0.2, -0.15) is 0 Å². The monoisotopic (exact) mass is 399 g/mol. The first-order valence-corrected chi connectivity index (χ1v) is 8.78. The molecule has 6 nitrogen and oxygen atoms in total. The highest BCUT2D eigenvalue weighted by molar-refractivity contribution is 7.12. The van der Waals surface area contributed by atoms with Crippen molar-refractivity contribution in [1.82, 2.24) is 10.6 Å². The van der Waals surface area contributed by atoms with Crippen LogP contribution in [0.1, 0.15) is 22.5 Å². The van der Waals surface area contributed by atoms with Crippen molar-refractivity contribution in [3.63, 3.8) is 0 Å². The van der Waals surface area contributed by atoms with Gasteiger partial charge in [0.05, 0.1) is 17.1 Å². The quantitative estimate of drug-likeness (QED) is 0.471. The predicted molar refractivity (Wildman–Crippen MR) is 93.8 cm³/mol. The summed E-state index contributed by atoms with van der Waals surface area (Å²) in [4.78, 5) is 35.6. The normalized spacial score (nSPS) is 10.3. The molecule has 3 amide bonds. The van der Waals surface area contributed by atoms with E-state index in [-0.39, 0.29) is 18.9 Å². The van der Waals surface area contributed by atoms with Crippen LogP contribution in [0.15, 0.2) is 29.6 Å². The average Bonchev–Trinajstić information content (AvgIpc) is 3.19. The van der Waals surface area contributed by atoms with Gasteiger partial charge in [0, 0.05) is 13.0 Å². The summed E-state index contributed by atoms with van der Waals surface area (Å²) in [6.45, 7) is -0.171. The maximum atomic E-state index is 13.4. The molecule has 0 atom stereocenters. The Balaban J connectivity index is 1.66. The van der Waals surface area contributed by atoms with Gasteiger partial charge in [0.25, 0.3) is 5.91 Å². The summed E-state index contributed by atoms with van der Waals surface area (Å²) in [6, 6.07) is 4.99. The van der Waals surface area contributed by atoms with E-state index in [2.05, 4.69) is 10.6 Å². The molecular weight excluding hydrogens is 383 g/mol. The second-order valence-electron chi connectivity index (χ2n) is 5.38. The Labute approximate surface area is 156 Å². The number of rotatable bonds is 8. The molecule has 0 unspecified atom stereocenters. The van der Waals surface area contributed by atoms with E-state index < -0.39 is 41.5 Å². The third-order valence-electron chi connectivity index (χ3n) is 3.37. The van der Waals surface area contributed by atoms with Crippen LogP contribution >= 0.6 is 11.3 Å². The van der Waals surface area contributed by atoms with Gasteiger partial charge in [-0.25, -0.2) is 13.2 Å². The van der Waals surface area contributed by atoms with Crippen LogP contribution in [-0.2, 0) is 9.59 Å². The molecule has 0 spiro atoms. The SMILES string of the molecule is O=C(CCCNC(=O)c1cccs1)NCC(=O)Nc1ccc(F)c(F)c1F. The first-order valence-electron chi connectivity index (χ1n) is 7.90. The Morgan fingerprint density at radius 2 is 1.74 bits per heavy atom. The Morgan fingerprint density at radius 3 is 2.44 bits per heavy atom. The van der Waals surface area contributed by atoms with Gasteiger partial charge in [-0.1, -0.05) is 6.07 Å². The van der Waals surface area contributed by atoms with Crippen molar-refractivity contribution >= 4 is 34.7 Å². The second kappa shape index (κ2) is 9.72. The number of benzene rings is 1. The van der Waals surface area contributed by atoms with Gasteiger partial charge in [-0.15, -0.1) is 11.3 Å². The van der Waals surface area contributed by atoms with Gasteiger partial charge in [0.15, 0.2) is 17.5 Å². The van der Waals surface area contributed by atoms with Crippen LogP contribution in [-0.4, -0.2) is 30.8 Å². The Bertz CT molecular complexity index is 828. The van der Waals surface area contributed by atoms with Crippen LogP contribution < -0.4 is 16.0 Å². The molecule has 10 heteroatoms. The number of hydrogen-bond acceptors (Lipinski definition) is 4. The summed E-state index contributed by atoms with van der Waals surface area (Å²) >= 11 is 1.30. The van der Waals surface area contributed by atoms with Crippen LogP contribution in [0.2, 0.25) is 0 Å². The van der Waals surface area contributed by atoms with Crippen molar-refractivity contribution in [3.05, 3.63) is 52.0 Å². The highest BCUT2D eigenvalue weighted by Gasteiger charge is 2.15. The summed E-state index contributed by atoms with van der Waals surface area (Å²) in [7, 11) is 0. The van der Waals surface area contributed by atoms with Crippen LogP contribution in [0.4, 0.5) is 18.9 Å². The van der Waals surface area contributed by atoms with Crippen LogP contribution in [0.3, 0.4) is 0 Å². The third-order valence-corrected chi connectivity index (χ3v) is 4.24. The third kappa shape index (κ3) is 6.10. The summed E-state index contributed by atoms with van der Waals surface area (Å²) < 4.78 is 39.3. The van der Waals surface area contributed by atoms with E-state index in [1.165, 1.54) is 11.3 Å². The molecule has 0 saturated heterocycles. The highest BCUT2D eigenvalue weighted by Crippen LogP contribution is 2.19. The van der Waals surface area contributed by atoms with Crippen LogP contribution in [0.5, 0.6) is 0 Å². The molecule has 3 N–H and O–H groups in total. The Hall–Kier alpha value is -2.88. The summed E-state index contributed by atoms with van der Waals surface area (Å²) in [5.41, 5.74) is -0.524. The molecule has 1 aromatic carbocycles. The zero-order valence-electron chi connectivity index (χ0n) is 14.0. The second-order valence-corrected chi connectivity index (χ2v) is 6.33.